The predicted octanol–water partition coefficient (Wildman–Crippen LogP) is 3.94. The lowest BCUT2D eigenvalue weighted by Crippen LogP contribution is -2.48. The van der Waals surface area contributed by atoms with Crippen molar-refractivity contribution >= 4 is 40.6 Å². The Morgan fingerprint density at radius 2 is 1.89 bits per heavy atom. The predicted molar refractivity (Wildman–Crippen MR) is 112 cm³/mol. The fourth-order valence-corrected chi connectivity index (χ4v) is 3.64. The van der Waals surface area contributed by atoms with Crippen molar-refractivity contribution in [2.75, 3.05) is 19.1 Å². The zero-order chi connectivity index (χ0) is 20.4. The van der Waals surface area contributed by atoms with Gasteiger partial charge in [0.05, 0.1) is 25.8 Å². The van der Waals surface area contributed by atoms with Crippen LogP contribution in [0, 0.1) is 0 Å². The molecule has 1 aliphatic heterocycles. The first-order valence-corrected chi connectivity index (χ1v) is 9.18. The number of halogens is 1. The Morgan fingerprint density at radius 1 is 1.21 bits per heavy atom. The molecule has 28 heavy (non-hydrogen) atoms. The minimum atomic E-state index is -0.583. The molecule has 0 spiro atoms. The quantitative estimate of drug-likeness (QED) is 0.575. The molecule has 0 saturated heterocycles. The topological polar surface area (TPSA) is 71.0 Å². The first kappa shape index (κ1) is 20.0. The second kappa shape index (κ2) is 8.08. The number of esters is 1. The molecule has 2 aromatic rings. The second-order valence-electron chi connectivity index (χ2n) is 6.12. The molecule has 0 aromatic heterocycles. The summed E-state index contributed by atoms with van der Waals surface area (Å²) in [5, 5.41) is 14.3. The van der Waals surface area contributed by atoms with E-state index >= 15 is 0 Å². The number of aromatic hydroxyl groups is 1. The first-order chi connectivity index (χ1) is 13.4. The third-order valence-corrected chi connectivity index (χ3v) is 5.06. The van der Waals surface area contributed by atoms with Crippen LogP contribution in [-0.4, -0.2) is 30.4 Å². The van der Waals surface area contributed by atoms with Crippen LogP contribution in [0.3, 0.4) is 0 Å². The number of hydrogen-bond acceptors (Lipinski definition) is 5. The normalized spacial score (nSPS) is 16.6. The van der Waals surface area contributed by atoms with Gasteiger partial charge in [-0.05, 0) is 61.1 Å². The van der Waals surface area contributed by atoms with Crippen molar-refractivity contribution in [3.63, 3.8) is 0 Å². The Bertz CT molecular complexity index is 959. The summed E-state index contributed by atoms with van der Waals surface area (Å²) < 4.78 is 10.1. The number of carbonyl (C=O) groups excluding carboxylic acids is 1. The van der Waals surface area contributed by atoms with E-state index in [1.54, 1.807) is 36.1 Å². The molecule has 8 heteroatoms. The van der Waals surface area contributed by atoms with Gasteiger partial charge in [-0.2, -0.15) is 0 Å². The van der Waals surface area contributed by atoms with Crippen LogP contribution in [0.25, 0.3) is 0 Å². The zero-order valence-electron chi connectivity index (χ0n) is 15.5. The van der Waals surface area contributed by atoms with Gasteiger partial charge in [-0.3, -0.25) is 4.90 Å². The molecular formula is C20H19ClN2O4S. The largest absolute Gasteiger partial charge is 0.504 e. The van der Waals surface area contributed by atoms with E-state index in [0.29, 0.717) is 32.7 Å². The van der Waals surface area contributed by atoms with Crippen molar-refractivity contribution < 1.29 is 19.4 Å². The van der Waals surface area contributed by atoms with Crippen molar-refractivity contribution in [3.8, 4) is 11.5 Å². The van der Waals surface area contributed by atoms with Crippen LogP contribution in [-0.2, 0) is 9.53 Å². The number of methoxy groups -OCH3 is 2. The Kier molecular flexibility index (Phi) is 5.76. The SMILES string of the molecule is COC(=O)C1=C(C)N(c2ccc(Cl)cc2)C(=S)NC1c1ccc(OC)c(O)c1. The Labute approximate surface area is 173 Å². The summed E-state index contributed by atoms with van der Waals surface area (Å²) in [5.41, 5.74) is 2.42. The lowest BCUT2D eigenvalue weighted by atomic mass is 9.94. The number of thiocarbonyl (C=S) groups is 1. The fraction of sp³-hybridized carbons (Fsp3) is 0.200. The van der Waals surface area contributed by atoms with Gasteiger partial charge < -0.3 is 19.9 Å². The van der Waals surface area contributed by atoms with Crippen molar-refractivity contribution in [3.05, 3.63) is 64.3 Å². The molecule has 0 bridgehead atoms. The number of ether oxygens (including phenoxy) is 2. The van der Waals surface area contributed by atoms with E-state index in [-0.39, 0.29) is 5.75 Å². The average molecular weight is 419 g/mol. The minimum Gasteiger partial charge on any atom is -0.504 e. The number of phenols is 1. The van der Waals surface area contributed by atoms with E-state index in [1.165, 1.54) is 20.3 Å². The molecule has 0 saturated carbocycles. The Morgan fingerprint density at radius 3 is 2.46 bits per heavy atom. The molecule has 0 fully saturated rings. The number of hydrogen-bond donors (Lipinski definition) is 2. The molecule has 6 nitrogen and oxygen atoms in total. The minimum absolute atomic E-state index is 0.0327. The molecule has 1 atom stereocenters. The van der Waals surface area contributed by atoms with Crippen LogP contribution in [0.5, 0.6) is 11.5 Å². The van der Waals surface area contributed by atoms with Crippen LogP contribution in [0.1, 0.15) is 18.5 Å². The van der Waals surface area contributed by atoms with Crippen LogP contribution in [0.15, 0.2) is 53.7 Å². The van der Waals surface area contributed by atoms with Crippen molar-refractivity contribution in [2.24, 2.45) is 0 Å². The number of benzene rings is 2. The molecular weight excluding hydrogens is 400 g/mol. The van der Waals surface area contributed by atoms with E-state index in [4.69, 9.17) is 33.3 Å². The molecule has 1 heterocycles. The van der Waals surface area contributed by atoms with E-state index in [9.17, 15) is 9.90 Å². The molecule has 146 valence electrons. The number of phenolic OH excluding ortho intramolecular Hbond substituents is 1. The number of carbonyl (C=O) groups is 1. The standard InChI is InChI=1S/C20H19ClN2O4S/c1-11-17(19(25)27-3)18(12-4-9-16(26-2)15(24)10-12)22-20(28)23(11)14-7-5-13(21)6-8-14/h4-10,18,24H,1-3H3,(H,22,28). The lowest BCUT2D eigenvalue weighted by molar-refractivity contribution is -0.136. The third kappa shape index (κ3) is 3.63. The van der Waals surface area contributed by atoms with Gasteiger partial charge in [0.2, 0.25) is 0 Å². The molecule has 0 aliphatic carbocycles. The van der Waals surface area contributed by atoms with Crippen molar-refractivity contribution in [2.45, 2.75) is 13.0 Å². The fourth-order valence-electron chi connectivity index (χ4n) is 3.16. The van der Waals surface area contributed by atoms with Crippen molar-refractivity contribution in [1.29, 1.82) is 0 Å². The van der Waals surface area contributed by atoms with Gasteiger partial charge in [0, 0.05) is 16.4 Å². The monoisotopic (exact) mass is 418 g/mol. The maximum atomic E-state index is 12.6. The first-order valence-electron chi connectivity index (χ1n) is 8.39. The maximum absolute atomic E-state index is 12.6. The molecule has 1 aliphatic rings. The highest BCUT2D eigenvalue weighted by atomic mass is 35.5. The van der Waals surface area contributed by atoms with Gasteiger partial charge >= 0.3 is 5.97 Å². The average Bonchev–Trinajstić information content (AvgIpc) is 2.68. The van der Waals surface area contributed by atoms with Crippen LogP contribution in [0.4, 0.5) is 5.69 Å². The smallest absolute Gasteiger partial charge is 0.337 e. The van der Waals surface area contributed by atoms with Crippen LogP contribution >= 0.6 is 23.8 Å². The number of nitrogens with one attached hydrogen (secondary N) is 1. The summed E-state index contributed by atoms with van der Waals surface area (Å²) in [6, 6.07) is 11.5. The Balaban J connectivity index is 2.12. The molecule has 2 aromatic carbocycles. The summed E-state index contributed by atoms with van der Waals surface area (Å²) in [6.07, 6.45) is 0. The van der Waals surface area contributed by atoms with Gasteiger partial charge in [0.25, 0.3) is 0 Å². The number of anilines is 1. The zero-order valence-corrected chi connectivity index (χ0v) is 17.1. The molecule has 0 radical (unpaired) electrons. The van der Waals surface area contributed by atoms with Gasteiger partial charge in [0.15, 0.2) is 16.6 Å². The van der Waals surface area contributed by atoms with Gasteiger partial charge in [-0.25, -0.2) is 4.79 Å². The maximum Gasteiger partial charge on any atom is 0.337 e. The van der Waals surface area contributed by atoms with Crippen LogP contribution < -0.4 is 15.0 Å². The van der Waals surface area contributed by atoms with E-state index in [1.807, 2.05) is 12.1 Å². The highest BCUT2D eigenvalue weighted by Gasteiger charge is 2.35. The van der Waals surface area contributed by atoms with E-state index in [2.05, 4.69) is 5.32 Å². The molecule has 3 rings (SSSR count). The highest BCUT2D eigenvalue weighted by Crippen LogP contribution is 2.37. The summed E-state index contributed by atoms with van der Waals surface area (Å²) >= 11 is 11.5. The number of nitrogens with zero attached hydrogens (tertiary/aromatic N) is 1. The van der Waals surface area contributed by atoms with Gasteiger partial charge in [0.1, 0.15) is 0 Å². The number of allylic oxidation sites excluding steroid dienone is 1. The third-order valence-electron chi connectivity index (χ3n) is 4.51. The molecule has 1 unspecified atom stereocenters. The number of rotatable bonds is 4. The summed E-state index contributed by atoms with van der Waals surface area (Å²) in [6.45, 7) is 1.80. The molecule has 2 N–H and O–H groups in total. The van der Waals surface area contributed by atoms with Crippen molar-refractivity contribution in [1.82, 2.24) is 5.32 Å². The van der Waals surface area contributed by atoms with E-state index in [0.717, 1.165) is 5.69 Å². The second-order valence-corrected chi connectivity index (χ2v) is 6.94. The Hall–Kier alpha value is -2.77. The van der Waals surface area contributed by atoms with Gasteiger partial charge in [-0.15, -0.1) is 0 Å². The van der Waals surface area contributed by atoms with Crippen LogP contribution in [0.2, 0.25) is 5.02 Å². The van der Waals surface area contributed by atoms with E-state index < -0.39 is 12.0 Å². The summed E-state index contributed by atoms with van der Waals surface area (Å²) in [4.78, 5) is 14.4. The lowest BCUT2D eigenvalue weighted by Gasteiger charge is -2.37. The summed E-state index contributed by atoms with van der Waals surface area (Å²) in [5.74, 6) is -0.188. The summed E-state index contributed by atoms with van der Waals surface area (Å²) in [7, 11) is 2.79. The molecule has 0 amide bonds. The highest BCUT2D eigenvalue weighted by molar-refractivity contribution is 7.80. The van der Waals surface area contributed by atoms with Gasteiger partial charge in [-0.1, -0.05) is 17.7 Å².